The lowest BCUT2D eigenvalue weighted by molar-refractivity contribution is -0.147. The number of nitrogens with one attached hydrogen (secondary N) is 1. The number of carbonyl (C=O) groups is 1. The van der Waals surface area contributed by atoms with E-state index in [1.165, 1.54) is 21.4 Å². The van der Waals surface area contributed by atoms with E-state index in [1.807, 2.05) is 17.1 Å². The lowest BCUT2D eigenvalue weighted by Gasteiger charge is -2.20. The van der Waals surface area contributed by atoms with Crippen LogP contribution in [-0.2, 0) is 9.53 Å². The van der Waals surface area contributed by atoms with E-state index in [1.54, 1.807) is 30.8 Å². The van der Waals surface area contributed by atoms with Crippen molar-refractivity contribution in [3.63, 3.8) is 0 Å². The number of carbonyl (C=O) groups excluding carboxylic acids is 1. The van der Waals surface area contributed by atoms with Crippen molar-refractivity contribution in [2.24, 2.45) is 5.92 Å². The average Bonchev–Trinajstić information content (AvgIpc) is 3.37. The first-order valence-electron chi connectivity index (χ1n) is 9.53. The van der Waals surface area contributed by atoms with Crippen LogP contribution in [0.25, 0.3) is 28.1 Å². The lowest BCUT2D eigenvalue weighted by atomic mass is 10.0. The summed E-state index contributed by atoms with van der Waals surface area (Å²) in [6.07, 6.45) is 6.32. The van der Waals surface area contributed by atoms with Crippen LogP contribution in [0, 0.1) is 11.7 Å². The fourth-order valence-electron chi connectivity index (χ4n) is 3.14. The van der Waals surface area contributed by atoms with Crippen molar-refractivity contribution in [1.82, 2.24) is 28.5 Å². The molecule has 4 aromatic rings. The highest BCUT2D eigenvalue weighted by Crippen LogP contribution is 2.33. The Morgan fingerprint density at radius 1 is 1.35 bits per heavy atom. The van der Waals surface area contributed by atoms with Gasteiger partial charge in [-0.2, -0.15) is 0 Å². The summed E-state index contributed by atoms with van der Waals surface area (Å²) in [6.45, 7) is 5.76. The fraction of sp³-hybridized carbons (Fsp3) is 0.316. The molecule has 0 aliphatic rings. The summed E-state index contributed by atoms with van der Waals surface area (Å²) in [5.74, 6) is -0.288. The summed E-state index contributed by atoms with van der Waals surface area (Å²) < 4.78 is 22.5. The van der Waals surface area contributed by atoms with Gasteiger partial charge in [-0.05, 0) is 26.8 Å². The Kier molecular flexibility index (Phi) is 6.27. The van der Waals surface area contributed by atoms with Gasteiger partial charge in [0.2, 0.25) is 0 Å². The smallest absolute Gasteiger partial charge is 0.310 e. The molecule has 31 heavy (non-hydrogen) atoms. The van der Waals surface area contributed by atoms with Gasteiger partial charge < -0.3 is 10.1 Å². The van der Waals surface area contributed by atoms with Crippen LogP contribution in [0.15, 0.2) is 30.9 Å². The summed E-state index contributed by atoms with van der Waals surface area (Å²) in [4.78, 5) is 25.3. The maximum atomic E-state index is 13.9. The van der Waals surface area contributed by atoms with E-state index in [-0.39, 0.29) is 12.0 Å². The number of anilines is 1. The van der Waals surface area contributed by atoms with Gasteiger partial charge in [-0.15, -0.1) is 5.10 Å². The van der Waals surface area contributed by atoms with E-state index in [9.17, 15) is 9.18 Å². The number of hydrogen-bond donors (Lipinski definition) is 1. The third-order valence-electron chi connectivity index (χ3n) is 4.92. The SMILES string of the molecule is CCOC(=O)[C@@H](C)[C@H](C)Nc1nc(-c2cn(SI)c3ncc(F)cc23)nn2ccnc12. The zero-order valence-corrected chi connectivity index (χ0v) is 19.9. The Bertz CT molecular complexity index is 1260. The standard InChI is InChI=1S/C19H19FIN7O2S/c1-4-30-19(29)10(2)11(3)24-16-18-22-5-6-27(18)26-15(25-16)14-9-28(31-21)17-13(14)7-12(20)8-23-17/h5-11H,4H2,1-3H3,(H,24,25,26)/t10-,11-/m0/s1. The largest absolute Gasteiger partial charge is 0.466 e. The molecule has 0 bridgehead atoms. The highest BCUT2D eigenvalue weighted by atomic mass is 127. The monoisotopic (exact) mass is 555 g/mol. The van der Waals surface area contributed by atoms with Gasteiger partial charge in [0.25, 0.3) is 0 Å². The van der Waals surface area contributed by atoms with Crippen molar-refractivity contribution in [3.8, 4) is 11.4 Å². The number of pyridine rings is 1. The number of ether oxygens (including phenoxy) is 1. The molecular formula is C19H19FIN7O2S. The molecule has 0 saturated carbocycles. The topological polar surface area (TPSA) is 99.2 Å². The van der Waals surface area contributed by atoms with Crippen LogP contribution in [-0.4, -0.2) is 47.2 Å². The first-order valence-corrected chi connectivity index (χ1v) is 12.8. The van der Waals surface area contributed by atoms with E-state index in [0.717, 1.165) is 0 Å². The number of esters is 1. The molecule has 0 amide bonds. The number of hydrogen-bond acceptors (Lipinski definition) is 8. The van der Waals surface area contributed by atoms with Gasteiger partial charge in [0.05, 0.1) is 18.7 Å². The first kappa shape index (κ1) is 21.7. The third-order valence-corrected chi connectivity index (χ3v) is 6.62. The van der Waals surface area contributed by atoms with Crippen molar-refractivity contribution in [2.45, 2.75) is 26.8 Å². The van der Waals surface area contributed by atoms with Gasteiger partial charge in [-0.1, -0.05) is 0 Å². The molecule has 0 radical (unpaired) electrons. The van der Waals surface area contributed by atoms with E-state index in [2.05, 4.69) is 46.6 Å². The Balaban J connectivity index is 1.79. The molecule has 2 atom stereocenters. The van der Waals surface area contributed by atoms with E-state index >= 15 is 0 Å². The molecule has 0 aromatic carbocycles. The molecule has 0 saturated heterocycles. The predicted molar refractivity (Wildman–Crippen MR) is 125 cm³/mol. The molecule has 0 aliphatic carbocycles. The second-order valence-corrected chi connectivity index (χ2v) is 8.63. The highest BCUT2D eigenvalue weighted by Gasteiger charge is 2.24. The molecule has 12 heteroatoms. The Labute approximate surface area is 193 Å². The molecular weight excluding hydrogens is 536 g/mol. The molecule has 0 aliphatic heterocycles. The van der Waals surface area contributed by atoms with Gasteiger partial charge in [0.1, 0.15) is 5.82 Å². The summed E-state index contributed by atoms with van der Waals surface area (Å²) in [6, 6.07) is 1.15. The van der Waals surface area contributed by atoms with Crippen LogP contribution < -0.4 is 5.32 Å². The predicted octanol–water partition coefficient (Wildman–Crippen LogP) is 4.13. The summed E-state index contributed by atoms with van der Waals surface area (Å²) in [7, 11) is 1.41. The molecule has 0 spiro atoms. The molecule has 162 valence electrons. The van der Waals surface area contributed by atoms with Gasteiger partial charge in [-0.3, -0.25) is 8.77 Å². The molecule has 4 heterocycles. The van der Waals surface area contributed by atoms with Gasteiger partial charge in [0, 0.05) is 65.9 Å². The number of halogens is 2. The van der Waals surface area contributed by atoms with Gasteiger partial charge in [-0.25, -0.2) is 23.9 Å². The van der Waals surface area contributed by atoms with E-state index in [4.69, 9.17) is 4.74 Å². The molecule has 1 N–H and O–H groups in total. The van der Waals surface area contributed by atoms with Crippen LogP contribution in [0.5, 0.6) is 0 Å². The minimum absolute atomic E-state index is 0.271. The minimum atomic E-state index is -0.441. The molecule has 9 nitrogen and oxygen atoms in total. The Morgan fingerprint density at radius 2 is 2.16 bits per heavy atom. The van der Waals surface area contributed by atoms with Crippen molar-refractivity contribution < 1.29 is 13.9 Å². The fourth-order valence-corrected chi connectivity index (χ4v) is 4.40. The quantitative estimate of drug-likeness (QED) is 0.269. The average molecular weight is 555 g/mol. The Hall–Kier alpha value is -2.48. The second kappa shape index (κ2) is 8.94. The minimum Gasteiger partial charge on any atom is -0.466 e. The molecule has 4 aromatic heterocycles. The van der Waals surface area contributed by atoms with Gasteiger partial charge in [0.15, 0.2) is 22.9 Å². The first-order chi connectivity index (χ1) is 14.9. The lowest BCUT2D eigenvalue weighted by Crippen LogP contribution is -2.32. The normalized spacial score (nSPS) is 13.5. The van der Waals surface area contributed by atoms with E-state index in [0.29, 0.717) is 40.5 Å². The third kappa shape index (κ3) is 4.18. The van der Waals surface area contributed by atoms with Crippen LogP contribution >= 0.6 is 30.3 Å². The highest BCUT2D eigenvalue weighted by molar-refractivity contribution is 14.2. The van der Waals surface area contributed by atoms with Crippen LogP contribution in [0.4, 0.5) is 10.2 Å². The van der Waals surface area contributed by atoms with Crippen molar-refractivity contribution in [3.05, 3.63) is 36.7 Å². The number of rotatable bonds is 7. The summed E-state index contributed by atoms with van der Waals surface area (Å²) >= 11 is 2.13. The number of fused-ring (bicyclic) bond motifs is 2. The van der Waals surface area contributed by atoms with E-state index < -0.39 is 11.7 Å². The molecule has 0 fully saturated rings. The number of imidazole rings is 1. The summed E-state index contributed by atoms with van der Waals surface area (Å²) in [5.41, 5.74) is 1.77. The van der Waals surface area contributed by atoms with Crippen molar-refractivity contribution in [2.75, 3.05) is 11.9 Å². The van der Waals surface area contributed by atoms with Crippen molar-refractivity contribution in [1.29, 1.82) is 0 Å². The summed E-state index contributed by atoms with van der Waals surface area (Å²) in [5, 5.41) is 8.41. The Morgan fingerprint density at radius 3 is 2.90 bits per heavy atom. The molecule has 4 rings (SSSR count). The van der Waals surface area contributed by atoms with Crippen LogP contribution in [0.1, 0.15) is 20.8 Å². The zero-order chi connectivity index (χ0) is 22.1. The van der Waals surface area contributed by atoms with Crippen LogP contribution in [0.3, 0.4) is 0 Å². The number of nitrogens with zero attached hydrogens (tertiary/aromatic N) is 6. The number of aromatic nitrogens is 6. The zero-order valence-electron chi connectivity index (χ0n) is 16.9. The maximum absolute atomic E-state index is 13.9. The van der Waals surface area contributed by atoms with Crippen molar-refractivity contribution >= 4 is 58.8 Å². The maximum Gasteiger partial charge on any atom is 0.310 e. The molecule has 0 unspecified atom stereocenters. The second-order valence-electron chi connectivity index (χ2n) is 6.92. The van der Waals surface area contributed by atoms with Gasteiger partial charge >= 0.3 is 5.97 Å². The van der Waals surface area contributed by atoms with Crippen LogP contribution in [0.2, 0.25) is 0 Å².